The fourth-order valence-corrected chi connectivity index (χ4v) is 0. The zero-order valence-electron chi connectivity index (χ0n) is 5.04. The van der Waals surface area contributed by atoms with Crippen LogP contribution < -0.4 is 88.7 Å². The summed E-state index contributed by atoms with van der Waals surface area (Å²) >= 11 is 0. The zero-order valence-corrected chi connectivity index (χ0v) is 11.9. The van der Waals surface area contributed by atoms with Crippen LogP contribution in [0.3, 0.4) is 0 Å². The van der Waals surface area contributed by atoms with Gasteiger partial charge in [0.05, 0.1) is 0 Å². The number of hydrogen-bond donors (Lipinski definition) is 0. The van der Waals surface area contributed by atoms with Gasteiger partial charge >= 0.3 is 88.7 Å². The van der Waals surface area contributed by atoms with Gasteiger partial charge < -0.3 is 9.11 Å². The molecule has 0 saturated heterocycles. The Morgan fingerprint density at radius 2 is 0.875 bits per heavy atom. The van der Waals surface area contributed by atoms with Crippen molar-refractivity contribution in [1.82, 2.24) is 0 Å². The standard InChI is InChI=1S/3Na.H2O4S/c;;;1-5(2,3)4/h;;;(H2,1,2,3,4)/q3*+1;/p-2. The van der Waals surface area contributed by atoms with Gasteiger partial charge in [0.1, 0.15) is 0 Å². The topological polar surface area (TPSA) is 80.3 Å². The molecule has 0 fully saturated rings. The van der Waals surface area contributed by atoms with E-state index in [2.05, 4.69) is 0 Å². The first-order chi connectivity index (χ1) is 2.00. The van der Waals surface area contributed by atoms with E-state index in [1.54, 1.807) is 0 Å². The molecule has 0 aromatic heterocycles. The molecule has 4 nitrogen and oxygen atoms in total. The molecule has 0 N–H and O–H groups in total. The van der Waals surface area contributed by atoms with Crippen molar-refractivity contribution in [3.63, 3.8) is 0 Å². The second-order valence-corrected chi connectivity index (χ2v) is 1.22. The molecule has 0 heterocycles. The molecule has 0 amide bonds. The normalized spacial score (nSPS) is 7.25. The summed E-state index contributed by atoms with van der Waals surface area (Å²) in [4.78, 5) is 0. The van der Waals surface area contributed by atoms with Crippen molar-refractivity contribution < 1.29 is 106 Å². The molecule has 0 rings (SSSR count). The Hall–Kier alpha value is 2.87. The van der Waals surface area contributed by atoms with E-state index in [0.717, 1.165) is 0 Å². The molecule has 0 radical (unpaired) electrons. The number of hydrogen-bond acceptors (Lipinski definition) is 4. The Morgan fingerprint density at radius 3 is 0.875 bits per heavy atom. The summed E-state index contributed by atoms with van der Waals surface area (Å²) < 4.78 is 34.1. The molecule has 0 aliphatic carbocycles. The molecule has 0 spiro atoms. The van der Waals surface area contributed by atoms with Crippen LogP contribution in [0.5, 0.6) is 0 Å². The second-order valence-electron chi connectivity index (χ2n) is 0.408. The third kappa shape index (κ3) is 66.7. The average Bonchev–Trinajstić information content (AvgIpc) is 0.722. The van der Waals surface area contributed by atoms with E-state index in [9.17, 15) is 0 Å². The van der Waals surface area contributed by atoms with E-state index in [4.69, 9.17) is 17.5 Å². The van der Waals surface area contributed by atoms with Crippen molar-refractivity contribution >= 4 is 10.4 Å². The molecule has 0 saturated carbocycles. The summed E-state index contributed by atoms with van der Waals surface area (Å²) in [5, 5.41) is 0. The summed E-state index contributed by atoms with van der Waals surface area (Å²) in [5.41, 5.74) is 0. The van der Waals surface area contributed by atoms with Gasteiger partial charge in [-0.3, -0.25) is 8.42 Å². The fraction of sp³-hybridized carbons (Fsp3) is 0. The van der Waals surface area contributed by atoms with Crippen LogP contribution in [0.1, 0.15) is 0 Å². The van der Waals surface area contributed by atoms with Gasteiger partial charge in [0.25, 0.3) is 0 Å². The van der Waals surface area contributed by atoms with E-state index in [-0.39, 0.29) is 88.7 Å². The maximum absolute atomic E-state index is 8.52. The summed E-state index contributed by atoms with van der Waals surface area (Å²) in [6.07, 6.45) is 0. The molecule has 0 aromatic carbocycles. The van der Waals surface area contributed by atoms with Crippen LogP contribution in [0.25, 0.3) is 0 Å². The van der Waals surface area contributed by atoms with Crippen LogP contribution in [0, 0.1) is 0 Å². The summed E-state index contributed by atoms with van der Waals surface area (Å²) in [5.74, 6) is 0. The minimum atomic E-state index is -5.17. The molecule has 0 bridgehead atoms. The molecule has 8 heavy (non-hydrogen) atoms. The molecular formula is Na3O4S+. The van der Waals surface area contributed by atoms with Crippen molar-refractivity contribution in [3.8, 4) is 0 Å². The summed E-state index contributed by atoms with van der Waals surface area (Å²) in [6.45, 7) is 0. The summed E-state index contributed by atoms with van der Waals surface area (Å²) in [6, 6.07) is 0. The van der Waals surface area contributed by atoms with Gasteiger partial charge in [-0.25, -0.2) is 0 Å². The Morgan fingerprint density at radius 1 is 0.875 bits per heavy atom. The van der Waals surface area contributed by atoms with Crippen LogP contribution in [0.4, 0.5) is 0 Å². The van der Waals surface area contributed by atoms with Gasteiger partial charge in [0.15, 0.2) is 0 Å². The van der Waals surface area contributed by atoms with Crippen molar-refractivity contribution in [3.05, 3.63) is 0 Å². The van der Waals surface area contributed by atoms with E-state index in [1.807, 2.05) is 0 Å². The summed E-state index contributed by atoms with van der Waals surface area (Å²) in [7, 11) is -5.17. The Bertz CT molecular complexity index is 94.5. The molecule has 0 aliphatic rings. The smallest absolute Gasteiger partial charge is 0.759 e. The van der Waals surface area contributed by atoms with Gasteiger partial charge in [-0.1, -0.05) is 0 Å². The first-order valence-electron chi connectivity index (χ1n) is 0.667. The minimum absolute atomic E-state index is 0. The van der Waals surface area contributed by atoms with Gasteiger partial charge in [0.2, 0.25) is 0 Å². The van der Waals surface area contributed by atoms with E-state index < -0.39 is 10.4 Å². The third-order valence-corrected chi connectivity index (χ3v) is 0. The molecule has 32 valence electrons. The van der Waals surface area contributed by atoms with Gasteiger partial charge in [-0.2, -0.15) is 0 Å². The first kappa shape index (κ1) is 22.4. The molecule has 0 aromatic rings. The van der Waals surface area contributed by atoms with Gasteiger partial charge in [-0.05, 0) is 0 Å². The largest absolute Gasteiger partial charge is 1.00 e. The molecule has 0 unspecified atom stereocenters. The predicted molar refractivity (Wildman–Crippen MR) is 10.5 cm³/mol. The van der Waals surface area contributed by atoms with Crippen molar-refractivity contribution in [1.29, 1.82) is 0 Å². The number of rotatable bonds is 0. The van der Waals surface area contributed by atoms with Crippen molar-refractivity contribution in [2.45, 2.75) is 0 Å². The fourth-order valence-electron chi connectivity index (χ4n) is 0. The van der Waals surface area contributed by atoms with Crippen LogP contribution in [-0.2, 0) is 10.4 Å². The first-order valence-corrected chi connectivity index (χ1v) is 2.00. The second kappa shape index (κ2) is 9.87. The Kier molecular flexibility index (Phi) is 27.7. The molecular weight excluding hydrogens is 165 g/mol. The van der Waals surface area contributed by atoms with E-state index >= 15 is 0 Å². The van der Waals surface area contributed by atoms with Crippen LogP contribution in [-0.4, -0.2) is 17.5 Å². The van der Waals surface area contributed by atoms with Crippen LogP contribution in [0.2, 0.25) is 0 Å². The van der Waals surface area contributed by atoms with Crippen LogP contribution >= 0.6 is 0 Å². The van der Waals surface area contributed by atoms with Gasteiger partial charge in [0, 0.05) is 10.4 Å². The Balaban J connectivity index is -0.0000000267. The Labute approximate surface area is 114 Å². The molecule has 8 heteroatoms. The van der Waals surface area contributed by atoms with Crippen molar-refractivity contribution in [2.24, 2.45) is 0 Å². The van der Waals surface area contributed by atoms with Crippen molar-refractivity contribution in [2.75, 3.05) is 0 Å². The van der Waals surface area contributed by atoms with Gasteiger partial charge in [-0.15, -0.1) is 0 Å². The maximum Gasteiger partial charge on any atom is 1.00 e. The van der Waals surface area contributed by atoms with Crippen LogP contribution in [0.15, 0.2) is 0 Å². The quantitative estimate of drug-likeness (QED) is 0.203. The average molecular weight is 165 g/mol. The molecule has 0 aliphatic heterocycles. The monoisotopic (exact) mass is 165 g/mol. The van der Waals surface area contributed by atoms with E-state index in [0.29, 0.717) is 0 Å². The maximum atomic E-state index is 8.52. The predicted octanol–water partition coefficient (Wildman–Crippen LogP) is -10.3. The molecule has 0 atom stereocenters. The third-order valence-electron chi connectivity index (χ3n) is 0. The zero-order chi connectivity index (χ0) is 4.50. The SMILES string of the molecule is O=S(=O)([O-])[O-].[Na+].[Na+].[Na+]. The van der Waals surface area contributed by atoms with E-state index in [1.165, 1.54) is 0 Å². The minimum Gasteiger partial charge on any atom is -0.759 e.